The van der Waals surface area contributed by atoms with E-state index in [0.29, 0.717) is 0 Å². The number of aliphatic carboxylic acids is 1. The minimum atomic E-state index is -4.66. The van der Waals surface area contributed by atoms with E-state index in [9.17, 15) is 22.8 Å². The highest BCUT2D eigenvalue weighted by Gasteiger charge is 2.53. The molecule has 1 aliphatic heterocycles. The molecule has 1 fully saturated rings. The van der Waals surface area contributed by atoms with Crippen molar-refractivity contribution in [1.82, 2.24) is 10.2 Å². The van der Waals surface area contributed by atoms with Gasteiger partial charge in [-0.25, -0.2) is 4.79 Å². The van der Waals surface area contributed by atoms with Crippen molar-refractivity contribution in [3.8, 4) is 0 Å². The lowest BCUT2D eigenvalue weighted by Crippen LogP contribution is -2.40. The lowest BCUT2D eigenvalue weighted by molar-refractivity contribution is -0.187. The van der Waals surface area contributed by atoms with Crippen molar-refractivity contribution < 1.29 is 27.9 Å². The normalized spacial score (nSPS) is 21.9. The Morgan fingerprint density at radius 2 is 1.96 bits per heavy atom. The summed E-state index contributed by atoms with van der Waals surface area (Å²) in [5.41, 5.74) is 0.852. The second-order valence-electron chi connectivity index (χ2n) is 5.91. The van der Waals surface area contributed by atoms with E-state index in [4.69, 9.17) is 5.11 Å². The van der Waals surface area contributed by atoms with Gasteiger partial charge in [0, 0.05) is 18.0 Å². The van der Waals surface area contributed by atoms with E-state index in [-0.39, 0.29) is 0 Å². The molecular formula is C16H19F3N2O3S. The second-order valence-corrected chi connectivity index (χ2v) is 6.76. The molecule has 2 N–H and O–H groups in total. The Hall–Kier alpha value is -1.90. The number of carbonyl (C=O) groups excluding carboxylic acids is 1. The van der Waals surface area contributed by atoms with Gasteiger partial charge in [0.15, 0.2) is 0 Å². The third-order valence-electron chi connectivity index (χ3n) is 4.29. The zero-order valence-corrected chi connectivity index (χ0v) is 14.5. The van der Waals surface area contributed by atoms with Crippen LogP contribution >= 0.6 is 11.8 Å². The van der Waals surface area contributed by atoms with Crippen LogP contribution in [0.5, 0.6) is 0 Å². The molecule has 0 spiro atoms. The first-order valence-corrected chi connectivity index (χ1v) is 8.85. The number of carboxylic acids is 1. The number of carboxylic acid groups (broad SMARTS) is 1. The number of hydrogen-bond donors (Lipinski definition) is 2. The zero-order valence-electron chi connectivity index (χ0n) is 13.7. The van der Waals surface area contributed by atoms with E-state index < -0.39 is 49.1 Å². The van der Waals surface area contributed by atoms with Crippen LogP contribution in [0.4, 0.5) is 18.0 Å². The number of halogens is 3. The van der Waals surface area contributed by atoms with Gasteiger partial charge < -0.3 is 15.3 Å². The van der Waals surface area contributed by atoms with Gasteiger partial charge in [0.2, 0.25) is 0 Å². The molecule has 0 unspecified atom stereocenters. The third kappa shape index (κ3) is 4.39. The van der Waals surface area contributed by atoms with Gasteiger partial charge in [-0.05, 0) is 24.8 Å². The molecule has 1 aliphatic rings. The lowest BCUT2D eigenvalue weighted by Gasteiger charge is -2.22. The Morgan fingerprint density at radius 1 is 1.32 bits per heavy atom. The molecule has 0 aromatic heterocycles. The van der Waals surface area contributed by atoms with Gasteiger partial charge in [-0.15, -0.1) is 11.8 Å². The Balaban J connectivity index is 2.09. The highest BCUT2D eigenvalue weighted by atomic mass is 32.2. The number of nitrogens with zero attached hydrogens (tertiary/aromatic N) is 1. The Morgan fingerprint density at radius 3 is 2.48 bits per heavy atom. The Kier molecular flexibility index (Phi) is 5.87. The van der Waals surface area contributed by atoms with Crippen molar-refractivity contribution in [1.29, 1.82) is 0 Å². The van der Waals surface area contributed by atoms with Crippen molar-refractivity contribution in [2.45, 2.75) is 24.0 Å². The van der Waals surface area contributed by atoms with Crippen LogP contribution in [0.15, 0.2) is 29.2 Å². The number of likely N-dealkylation sites (tertiary alicyclic amines) is 1. The summed E-state index contributed by atoms with van der Waals surface area (Å²) < 4.78 is 39.0. The number of benzene rings is 1. The molecule has 1 aromatic carbocycles. The van der Waals surface area contributed by atoms with Gasteiger partial charge in [0.05, 0.1) is 17.9 Å². The summed E-state index contributed by atoms with van der Waals surface area (Å²) in [6, 6.07) is 6.28. The van der Waals surface area contributed by atoms with Gasteiger partial charge >= 0.3 is 18.2 Å². The highest BCUT2D eigenvalue weighted by molar-refractivity contribution is 7.98. The van der Waals surface area contributed by atoms with Crippen LogP contribution in [0.25, 0.3) is 0 Å². The fourth-order valence-electron chi connectivity index (χ4n) is 2.93. The topological polar surface area (TPSA) is 69.6 Å². The average molecular weight is 376 g/mol. The first-order valence-electron chi connectivity index (χ1n) is 7.63. The second kappa shape index (κ2) is 7.55. The van der Waals surface area contributed by atoms with Gasteiger partial charge in [-0.2, -0.15) is 13.2 Å². The summed E-state index contributed by atoms with van der Waals surface area (Å²) >= 11 is 1.50. The molecule has 0 bridgehead atoms. The molecule has 3 atom stereocenters. The fraction of sp³-hybridized carbons (Fsp3) is 0.500. The van der Waals surface area contributed by atoms with Crippen molar-refractivity contribution in [2.75, 3.05) is 19.3 Å². The largest absolute Gasteiger partial charge is 0.481 e. The summed E-state index contributed by atoms with van der Waals surface area (Å²) in [6.07, 6.45) is -2.77. The number of urea groups is 1. The van der Waals surface area contributed by atoms with Crippen LogP contribution in [0.1, 0.15) is 18.5 Å². The number of nitrogens with one attached hydrogen (secondary N) is 1. The molecule has 5 nitrogen and oxygen atoms in total. The average Bonchev–Trinajstić information content (AvgIpc) is 3.00. The summed E-state index contributed by atoms with van der Waals surface area (Å²) in [5, 5.41) is 11.7. The van der Waals surface area contributed by atoms with Crippen LogP contribution in [0.3, 0.4) is 0 Å². The fourth-order valence-corrected chi connectivity index (χ4v) is 3.63. The van der Waals surface area contributed by atoms with E-state index in [0.717, 1.165) is 15.4 Å². The Labute approximate surface area is 147 Å². The summed E-state index contributed by atoms with van der Waals surface area (Å²) in [7, 11) is 0. The predicted octanol–water partition coefficient (Wildman–Crippen LogP) is 3.37. The highest BCUT2D eigenvalue weighted by Crippen LogP contribution is 2.38. The Bertz CT molecular complexity index is 654. The summed E-state index contributed by atoms with van der Waals surface area (Å²) in [4.78, 5) is 25.3. The van der Waals surface area contributed by atoms with Crippen LogP contribution in [-0.4, -0.2) is 47.5 Å². The number of rotatable bonds is 4. The van der Waals surface area contributed by atoms with E-state index in [1.807, 2.05) is 30.5 Å². The molecule has 9 heteroatoms. The van der Waals surface area contributed by atoms with Crippen molar-refractivity contribution in [3.63, 3.8) is 0 Å². The van der Waals surface area contributed by atoms with Crippen LogP contribution in [0, 0.1) is 11.8 Å². The molecule has 1 aromatic rings. The van der Waals surface area contributed by atoms with Crippen molar-refractivity contribution in [3.05, 3.63) is 29.8 Å². The molecule has 1 saturated heterocycles. The maximum atomic E-state index is 13.0. The monoisotopic (exact) mass is 376 g/mol. The molecule has 0 saturated carbocycles. The molecule has 1 heterocycles. The first-order chi connectivity index (χ1) is 11.6. The molecule has 2 rings (SSSR count). The first kappa shape index (κ1) is 19.4. The predicted molar refractivity (Wildman–Crippen MR) is 87.4 cm³/mol. The van der Waals surface area contributed by atoms with Crippen molar-refractivity contribution >= 4 is 23.8 Å². The van der Waals surface area contributed by atoms with Crippen LogP contribution in [0.2, 0.25) is 0 Å². The maximum absolute atomic E-state index is 13.0. The van der Waals surface area contributed by atoms with Gasteiger partial charge in [-0.3, -0.25) is 4.79 Å². The zero-order chi connectivity index (χ0) is 18.8. The lowest BCUT2D eigenvalue weighted by atomic mass is 9.96. The van der Waals surface area contributed by atoms with E-state index >= 15 is 0 Å². The van der Waals surface area contributed by atoms with Crippen LogP contribution in [-0.2, 0) is 4.79 Å². The van der Waals surface area contributed by atoms with Gasteiger partial charge in [-0.1, -0.05) is 18.2 Å². The van der Waals surface area contributed by atoms with Gasteiger partial charge in [0.1, 0.15) is 0 Å². The molecule has 25 heavy (non-hydrogen) atoms. The van der Waals surface area contributed by atoms with Crippen molar-refractivity contribution in [2.24, 2.45) is 11.8 Å². The van der Waals surface area contributed by atoms with E-state index in [1.54, 1.807) is 6.92 Å². The molecule has 0 aliphatic carbocycles. The number of carbonyl (C=O) groups is 2. The molecule has 0 radical (unpaired) electrons. The van der Waals surface area contributed by atoms with Gasteiger partial charge in [0.25, 0.3) is 0 Å². The maximum Gasteiger partial charge on any atom is 0.394 e. The van der Waals surface area contributed by atoms with E-state index in [1.165, 1.54) is 11.8 Å². The van der Waals surface area contributed by atoms with E-state index in [2.05, 4.69) is 5.32 Å². The molecular weight excluding hydrogens is 357 g/mol. The smallest absolute Gasteiger partial charge is 0.394 e. The third-order valence-corrected chi connectivity index (χ3v) is 5.10. The SMILES string of the molecule is CSc1ccccc1[C@@H](C)NC(=O)N1C[C@@H](C(F)(F)F)[C@H](C(=O)O)C1. The van der Waals surface area contributed by atoms with Crippen LogP contribution < -0.4 is 5.32 Å². The summed E-state index contributed by atoms with van der Waals surface area (Å²) in [6.45, 7) is 0.629. The number of alkyl halides is 3. The number of amides is 2. The number of thioether (sulfide) groups is 1. The quantitative estimate of drug-likeness (QED) is 0.791. The standard InChI is InChI=1S/C16H19F3N2O3S/c1-9(10-5-3-4-6-13(10)25-2)20-15(24)21-7-11(14(22)23)12(8-21)16(17,18)19/h3-6,9,11-12H,7-8H2,1-2H3,(H,20,24)(H,22,23)/t9-,11-,12-/m1/s1. The molecule has 2 amide bonds. The number of hydrogen-bond acceptors (Lipinski definition) is 3. The minimum Gasteiger partial charge on any atom is -0.481 e. The summed E-state index contributed by atoms with van der Waals surface area (Å²) in [5.74, 6) is -5.23. The minimum absolute atomic E-state index is 0.413. The molecule has 138 valence electrons.